The van der Waals surface area contributed by atoms with Gasteiger partial charge in [-0.05, 0) is 43.2 Å². The Bertz CT molecular complexity index is 655. The number of aromatic nitrogens is 1. The SMILES string of the molecule is Nc1cc2ccccc2c(=O)n1C1CCC(O)CC1. The van der Waals surface area contributed by atoms with E-state index in [9.17, 15) is 9.90 Å². The number of hydrogen-bond acceptors (Lipinski definition) is 3. The van der Waals surface area contributed by atoms with E-state index in [0.29, 0.717) is 11.2 Å². The average Bonchev–Trinajstić information content (AvgIpc) is 2.41. The summed E-state index contributed by atoms with van der Waals surface area (Å²) in [6.07, 6.45) is 2.87. The van der Waals surface area contributed by atoms with Gasteiger partial charge in [-0.15, -0.1) is 0 Å². The molecule has 0 bridgehead atoms. The quantitative estimate of drug-likeness (QED) is 0.822. The molecule has 1 aromatic heterocycles. The zero-order chi connectivity index (χ0) is 13.4. The first-order chi connectivity index (χ1) is 9.16. The number of rotatable bonds is 1. The van der Waals surface area contributed by atoms with Gasteiger partial charge in [0.2, 0.25) is 0 Å². The molecule has 100 valence electrons. The lowest BCUT2D eigenvalue weighted by atomic mass is 9.92. The predicted molar refractivity (Wildman–Crippen MR) is 76.1 cm³/mol. The molecule has 0 radical (unpaired) electrons. The number of pyridine rings is 1. The third-order valence-electron chi connectivity index (χ3n) is 4.02. The molecule has 3 rings (SSSR count). The number of hydrogen-bond donors (Lipinski definition) is 2. The van der Waals surface area contributed by atoms with Crippen LogP contribution < -0.4 is 11.3 Å². The molecule has 1 aliphatic rings. The molecule has 0 aliphatic heterocycles. The highest BCUT2D eigenvalue weighted by Crippen LogP contribution is 2.29. The molecule has 1 aromatic carbocycles. The first kappa shape index (κ1) is 12.2. The largest absolute Gasteiger partial charge is 0.393 e. The highest BCUT2D eigenvalue weighted by molar-refractivity contribution is 5.83. The number of nitrogen functional groups attached to an aromatic ring is 1. The van der Waals surface area contributed by atoms with Gasteiger partial charge in [0.25, 0.3) is 5.56 Å². The van der Waals surface area contributed by atoms with E-state index in [0.717, 1.165) is 31.1 Å². The molecule has 4 heteroatoms. The minimum Gasteiger partial charge on any atom is -0.393 e. The van der Waals surface area contributed by atoms with Crippen LogP contribution in [0.1, 0.15) is 31.7 Å². The number of aliphatic hydroxyl groups is 1. The minimum absolute atomic E-state index is 0.0167. The summed E-state index contributed by atoms with van der Waals surface area (Å²) in [6.45, 7) is 0. The Hall–Kier alpha value is -1.81. The second-order valence-corrected chi connectivity index (χ2v) is 5.29. The van der Waals surface area contributed by atoms with E-state index in [2.05, 4.69) is 0 Å². The van der Waals surface area contributed by atoms with Crippen molar-refractivity contribution >= 4 is 16.6 Å². The fraction of sp³-hybridized carbons (Fsp3) is 0.400. The van der Waals surface area contributed by atoms with Crippen molar-refractivity contribution in [2.24, 2.45) is 0 Å². The van der Waals surface area contributed by atoms with Gasteiger partial charge in [-0.2, -0.15) is 0 Å². The van der Waals surface area contributed by atoms with Gasteiger partial charge in [0.15, 0.2) is 0 Å². The van der Waals surface area contributed by atoms with Crippen molar-refractivity contribution in [3.8, 4) is 0 Å². The molecule has 0 saturated heterocycles. The maximum Gasteiger partial charge on any atom is 0.260 e. The lowest BCUT2D eigenvalue weighted by Crippen LogP contribution is -2.31. The van der Waals surface area contributed by atoms with Crippen LogP contribution in [-0.2, 0) is 0 Å². The number of fused-ring (bicyclic) bond motifs is 1. The van der Waals surface area contributed by atoms with E-state index in [1.807, 2.05) is 30.3 Å². The fourth-order valence-electron chi connectivity index (χ4n) is 2.99. The highest BCUT2D eigenvalue weighted by Gasteiger charge is 2.23. The van der Waals surface area contributed by atoms with E-state index in [4.69, 9.17) is 5.73 Å². The number of nitrogens with zero attached hydrogens (tertiary/aromatic N) is 1. The van der Waals surface area contributed by atoms with Gasteiger partial charge in [-0.3, -0.25) is 9.36 Å². The Labute approximate surface area is 111 Å². The van der Waals surface area contributed by atoms with Crippen LogP contribution in [0.5, 0.6) is 0 Å². The van der Waals surface area contributed by atoms with Crippen LogP contribution in [0, 0.1) is 0 Å². The molecule has 2 aromatic rings. The molecule has 19 heavy (non-hydrogen) atoms. The molecule has 1 saturated carbocycles. The third kappa shape index (κ3) is 2.12. The number of aliphatic hydroxyl groups excluding tert-OH is 1. The minimum atomic E-state index is -0.228. The van der Waals surface area contributed by atoms with Crippen LogP contribution >= 0.6 is 0 Å². The van der Waals surface area contributed by atoms with Crippen molar-refractivity contribution in [2.75, 3.05) is 5.73 Å². The normalized spacial score (nSPS) is 23.6. The highest BCUT2D eigenvalue weighted by atomic mass is 16.3. The van der Waals surface area contributed by atoms with Gasteiger partial charge in [-0.1, -0.05) is 18.2 Å². The number of benzene rings is 1. The average molecular weight is 258 g/mol. The molecular weight excluding hydrogens is 240 g/mol. The van der Waals surface area contributed by atoms with Crippen molar-refractivity contribution in [1.29, 1.82) is 0 Å². The molecule has 1 heterocycles. The van der Waals surface area contributed by atoms with Crippen molar-refractivity contribution in [3.63, 3.8) is 0 Å². The van der Waals surface area contributed by atoms with Gasteiger partial charge >= 0.3 is 0 Å². The Balaban J connectivity index is 2.11. The van der Waals surface area contributed by atoms with Gasteiger partial charge < -0.3 is 10.8 Å². The van der Waals surface area contributed by atoms with E-state index in [-0.39, 0.29) is 17.7 Å². The van der Waals surface area contributed by atoms with Crippen molar-refractivity contribution in [3.05, 3.63) is 40.7 Å². The van der Waals surface area contributed by atoms with Crippen molar-refractivity contribution < 1.29 is 5.11 Å². The van der Waals surface area contributed by atoms with Crippen LogP contribution in [0.4, 0.5) is 5.82 Å². The number of anilines is 1. The molecule has 0 amide bonds. The smallest absolute Gasteiger partial charge is 0.260 e. The second-order valence-electron chi connectivity index (χ2n) is 5.29. The lowest BCUT2D eigenvalue weighted by Gasteiger charge is -2.28. The van der Waals surface area contributed by atoms with Crippen LogP contribution in [0.2, 0.25) is 0 Å². The lowest BCUT2D eigenvalue weighted by molar-refractivity contribution is 0.110. The van der Waals surface area contributed by atoms with Gasteiger partial charge in [0.05, 0.1) is 6.10 Å². The molecule has 4 nitrogen and oxygen atoms in total. The molecule has 1 fully saturated rings. The van der Waals surface area contributed by atoms with Gasteiger partial charge in [-0.25, -0.2) is 0 Å². The second kappa shape index (κ2) is 4.70. The van der Waals surface area contributed by atoms with Crippen LogP contribution in [0.15, 0.2) is 35.1 Å². The zero-order valence-corrected chi connectivity index (χ0v) is 10.7. The Kier molecular flexibility index (Phi) is 3.03. The van der Waals surface area contributed by atoms with E-state index >= 15 is 0 Å². The number of nitrogens with two attached hydrogens (primary N) is 1. The van der Waals surface area contributed by atoms with Crippen molar-refractivity contribution in [2.45, 2.75) is 37.8 Å². The van der Waals surface area contributed by atoms with E-state index in [1.54, 1.807) is 4.57 Å². The summed E-state index contributed by atoms with van der Waals surface area (Å²) in [4.78, 5) is 12.6. The summed E-state index contributed by atoms with van der Waals surface area (Å²) in [6, 6.07) is 9.49. The molecule has 1 aliphatic carbocycles. The summed E-state index contributed by atoms with van der Waals surface area (Å²) in [5.74, 6) is 0.519. The Morgan fingerprint density at radius 3 is 2.58 bits per heavy atom. The topological polar surface area (TPSA) is 68.2 Å². The first-order valence-corrected chi connectivity index (χ1v) is 6.74. The van der Waals surface area contributed by atoms with E-state index in [1.165, 1.54) is 0 Å². The Morgan fingerprint density at radius 2 is 1.84 bits per heavy atom. The molecule has 0 spiro atoms. The molecule has 0 unspecified atom stereocenters. The van der Waals surface area contributed by atoms with Gasteiger partial charge in [0.1, 0.15) is 5.82 Å². The van der Waals surface area contributed by atoms with Crippen LogP contribution in [-0.4, -0.2) is 15.8 Å². The molecule has 0 atom stereocenters. The molecular formula is C15H18N2O2. The van der Waals surface area contributed by atoms with E-state index < -0.39 is 0 Å². The predicted octanol–water partition coefficient (Wildman–Crippen LogP) is 2.06. The molecule has 3 N–H and O–H groups in total. The summed E-state index contributed by atoms with van der Waals surface area (Å²) < 4.78 is 1.70. The first-order valence-electron chi connectivity index (χ1n) is 6.74. The summed E-state index contributed by atoms with van der Waals surface area (Å²) in [5.41, 5.74) is 6.04. The Morgan fingerprint density at radius 1 is 1.16 bits per heavy atom. The maximum absolute atomic E-state index is 12.6. The maximum atomic E-state index is 12.6. The van der Waals surface area contributed by atoms with Crippen molar-refractivity contribution in [1.82, 2.24) is 4.57 Å². The zero-order valence-electron chi connectivity index (χ0n) is 10.7. The third-order valence-corrected chi connectivity index (χ3v) is 4.02. The van der Waals surface area contributed by atoms with Crippen LogP contribution in [0.3, 0.4) is 0 Å². The fourth-order valence-corrected chi connectivity index (χ4v) is 2.99. The standard InChI is InChI=1S/C15H18N2O2/c16-14-9-10-3-1-2-4-13(10)15(19)17(14)11-5-7-12(18)8-6-11/h1-4,9,11-12,18H,5-8,16H2. The summed E-state index contributed by atoms with van der Waals surface area (Å²) in [7, 11) is 0. The van der Waals surface area contributed by atoms with Crippen LogP contribution in [0.25, 0.3) is 10.8 Å². The summed E-state index contributed by atoms with van der Waals surface area (Å²) >= 11 is 0. The van der Waals surface area contributed by atoms with Gasteiger partial charge in [0, 0.05) is 11.4 Å². The summed E-state index contributed by atoms with van der Waals surface area (Å²) in [5, 5.41) is 11.2. The monoisotopic (exact) mass is 258 g/mol.